The van der Waals surface area contributed by atoms with Crippen LogP contribution >= 0.6 is 12.4 Å². The summed E-state index contributed by atoms with van der Waals surface area (Å²) in [5.74, 6) is 1.51. The third-order valence-corrected chi connectivity index (χ3v) is 6.10. The minimum absolute atomic E-state index is 0. The van der Waals surface area contributed by atoms with Crippen LogP contribution in [0.4, 0.5) is 5.69 Å². The number of ether oxygens (including phenoxy) is 2. The van der Waals surface area contributed by atoms with E-state index in [2.05, 4.69) is 39.8 Å². The molecule has 170 valence electrons. The van der Waals surface area contributed by atoms with Crippen molar-refractivity contribution in [2.24, 2.45) is 12.0 Å². The largest absolute Gasteiger partial charge is 0.493 e. The highest BCUT2D eigenvalue weighted by molar-refractivity contribution is 5.85. The van der Waals surface area contributed by atoms with Crippen molar-refractivity contribution in [2.45, 2.75) is 40.2 Å². The van der Waals surface area contributed by atoms with Crippen LogP contribution in [0.1, 0.15) is 35.1 Å². The predicted octanol–water partition coefficient (Wildman–Crippen LogP) is 4.57. The van der Waals surface area contributed by atoms with Gasteiger partial charge >= 0.3 is 5.69 Å². The van der Waals surface area contributed by atoms with Crippen molar-refractivity contribution >= 4 is 18.1 Å². The van der Waals surface area contributed by atoms with Gasteiger partial charge in [0.15, 0.2) is 11.5 Å². The molecular formula is C25H30ClN3O3. The number of hydrogen-bond acceptors (Lipinski definition) is 4. The Morgan fingerprint density at radius 3 is 2.16 bits per heavy atom. The van der Waals surface area contributed by atoms with Crippen molar-refractivity contribution in [3.63, 3.8) is 0 Å². The van der Waals surface area contributed by atoms with Gasteiger partial charge in [0.1, 0.15) is 5.49 Å². The van der Waals surface area contributed by atoms with E-state index >= 15 is 0 Å². The van der Waals surface area contributed by atoms with Crippen LogP contribution in [0.3, 0.4) is 0 Å². The summed E-state index contributed by atoms with van der Waals surface area (Å²) >= 11 is 0. The minimum atomic E-state index is -0.0778. The first-order valence-corrected chi connectivity index (χ1v) is 10.4. The average Bonchev–Trinajstić information content (AvgIpc) is 2.73. The topological polar surface area (TPSA) is 57.8 Å². The molecule has 0 N–H and O–H groups in total. The fourth-order valence-electron chi connectivity index (χ4n) is 4.55. The lowest BCUT2D eigenvalue weighted by Gasteiger charge is -2.28. The summed E-state index contributed by atoms with van der Waals surface area (Å²) in [7, 11) is 5.04. The summed E-state index contributed by atoms with van der Waals surface area (Å²) < 4.78 is 14.5. The molecule has 1 atom stereocenters. The van der Waals surface area contributed by atoms with Crippen molar-refractivity contribution in [3.05, 3.63) is 68.6 Å². The van der Waals surface area contributed by atoms with Crippen molar-refractivity contribution < 1.29 is 9.47 Å². The first-order chi connectivity index (χ1) is 14.7. The maximum atomic E-state index is 13.3. The van der Waals surface area contributed by atoms with Gasteiger partial charge in [0.05, 0.1) is 25.6 Å². The van der Waals surface area contributed by atoms with Gasteiger partial charge in [-0.05, 0) is 49.6 Å². The summed E-state index contributed by atoms with van der Waals surface area (Å²) in [6.07, 6.45) is 0. The molecule has 0 aliphatic carbocycles. The zero-order valence-corrected chi connectivity index (χ0v) is 20.5. The van der Waals surface area contributed by atoms with Crippen LogP contribution < -0.4 is 20.7 Å². The molecule has 2 aromatic carbocycles. The summed E-state index contributed by atoms with van der Waals surface area (Å²) in [6, 6.07) is 10.2. The van der Waals surface area contributed by atoms with Gasteiger partial charge in [-0.15, -0.1) is 12.4 Å². The molecular weight excluding hydrogens is 426 g/mol. The molecule has 32 heavy (non-hydrogen) atoms. The highest BCUT2D eigenvalue weighted by Crippen LogP contribution is 2.41. The van der Waals surface area contributed by atoms with E-state index in [-0.39, 0.29) is 24.0 Å². The number of aromatic nitrogens is 2. The molecule has 7 heteroatoms. The Bertz CT molecular complexity index is 1300. The average molecular weight is 456 g/mol. The second-order valence-corrected chi connectivity index (χ2v) is 8.39. The van der Waals surface area contributed by atoms with Gasteiger partial charge in [0, 0.05) is 31.1 Å². The van der Waals surface area contributed by atoms with Crippen LogP contribution in [0.15, 0.2) is 40.1 Å². The molecule has 0 radical (unpaired) electrons. The van der Waals surface area contributed by atoms with Crippen LogP contribution in [0.5, 0.6) is 11.5 Å². The van der Waals surface area contributed by atoms with E-state index in [1.807, 2.05) is 22.8 Å². The first kappa shape index (κ1) is 23.7. The van der Waals surface area contributed by atoms with Crippen LogP contribution in [0.2, 0.25) is 0 Å². The molecule has 1 aromatic heterocycles. The molecule has 2 heterocycles. The van der Waals surface area contributed by atoms with Gasteiger partial charge in [0.25, 0.3) is 0 Å². The molecule has 3 aromatic rings. The first-order valence-electron chi connectivity index (χ1n) is 10.4. The lowest BCUT2D eigenvalue weighted by atomic mass is 9.89. The standard InChI is InChI=1S/C25H29N3O3.ClH/c1-14-8-15(2)24(16(3)9-14)26-23-12-20-19-11-22(31-7)21(30-6)10-18(19)17(4)13-28(20)25(29)27(23)5;/h8-12,17H,13H2,1-7H3;1H/t17-;/m0./s1. The third kappa shape index (κ3) is 3.84. The van der Waals surface area contributed by atoms with Gasteiger partial charge in [-0.3, -0.25) is 9.13 Å². The van der Waals surface area contributed by atoms with Gasteiger partial charge in [0.2, 0.25) is 0 Å². The second-order valence-electron chi connectivity index (χ2n) is 8.39. The number of methoxy groups -OCH3 is 2. The zero-order valence-electron chi connectivity index (χ0n) is 19.6. The molecule has 0 amide bonds. The Morgan fingerprint density at radius 1 is 0.969 bits per heavy atom. The van der Waals surface area contributed by atoms with Gasteiger partial charge in [-0.2, -0.15) is 0 Å². The Hall–Kier alpha value is -2.99. The van der Waals surface area contributed by atoms with Gasteiger partial charge < -0.3 is 9.47 Å². The molecule has 0 unspecified atom stereocenters. The maximum Gasteiger partial charge on any atom is 0.329 e. The molecule has 0 saturated heterocycles. The monoisotopic (exact) mass is 455 g/mol. The number of benzene rings is 2. The quantitative estimate of drug-likeness (QED) is 0.581. The highest BCUT2D eigenvalue weighted by atomic mass is 35.5. The van der Waals surface area contributed by atoms with Crippen LogP contribution in [0.25, 0.3) is 11.3 Å². The van der Waals surface area contributed by atoms with E-state index in [1.54, 1.807) is 25.8 Å². The normalized spacial score (nSPS) is 15.0. The van der Waals surface area contributed by atoms with E-state index < -0.39 is 0 Å². The van der Waals surface area contributed by atoms with Gasteiger partial charge in [-0.25, -0.2) is 9.79 Å². The fraction of sp³-hybridized carbons (Fsp3) is 0.360. The Balaban J connectivity index is 0.00000289. The fourth-order valence-corrected chi connectivity index (χ4v) is 4.55. The van der Waals surface area contributed by atoms with Crippen molar-refractivity contribution in [2.75, 3.05) is 14.2 Å². The molecule has 0 spiro atoms. The van der Waals surface area contributed by atoms with E-state index in [1.165, 1.54) is 5.56 Å². The summed E-state index contributed by atoms with van der Waals surface area (Å²) in [5, 5.41) is 0. The number of halogens is 1. The Kier molecular flexibility index (Phi) is 6.56. The second kappa shape index (κ2) is 8.87. The van der Waals surface area contributed by atoms with Crippen LogP contribution in [-0.2, 0) is 13.6 Å². The zero-order chi connectivity index (χ0) is 22.4. The minimum Gasteiger partial charge on any atom is -0.493 e. The Labute approximate surface area is 194 Å². The van der Waals surface area contributed by atoms with Crippen molar-refractivity contribution in [3.8, 4) is 22.8 Å². The molecule has 0 fully saturated rings. The predicted molar refractivity (Wildman–Crippen MR) is 130 cm³/mol. The van der Waals surface area contributed by atoms with Crippen LogP contribution in [0, 0.1) is 20.8 Å². The molecule has 4 rings (SSSR count). The lowest BCUT2D eigenvalue weighted by molar-refractivity contribution is 0.354. The van der Waals surface area contributed by atoms with E-state index in [0.29, 0.717) is 23.5 Å². The van der Waals surface area contributed by atoms with E-state index in [9.17, 15) is 4.79 Å². The maximum absolute atomic E-state index is 13.3. The third-order valence-electron chi connectivity index (χ3n) is 6.10. The molecule has 1 aliphatic rings. The number of fused-ring (bicyclic) bond motifs is 3. The Morgan fingerprint density at radius 2 is 1.56 bits per heavy atom. The van der Waals surface area contributed by atoms with Crippen molar-refractivity contribution in [1.29, 1.82) is 0 Å². The smallest absolute Gasteiger partial charge is 0.329 e. The number of nitrogens with zero attached hydrogens (tertiary/aromatic N) is 3. The van der Waals surface area contributed by atoms with Crippen molar-refractivity contribution in [1.82, 2.24) is 9.13 Å². The summed E-state index contributed by atoms with van der Waals surface area (Å²) in [5.41, 5.74) is 7.80. The summed E-state index contributed by atoms with van der Waals surface area (Å²) in [4.78, 5) is 18.2. The molecule has 0 saturated carbocycles. The van der Waals surface area contributed by atoms with E-state index in [0.717, 1.165) is 33.6 Å². The number of hydrogen-bond donors (Lipinski definition) is 0. The molecule has 6 nitrogen and oxygen atoms in total. The molecule has 0 bridgehead atoms. The highest BCUT2D eigenvalue weighted by Gasteiger charge is 2.26. The van der Waals surface area contributed by atoms with E-state index in [4.69, 9.17) is 14.5 Å². The SMILES string of the molecule is COc1cc2c(cc1OC)[C@@H](C)Cn1c-2cc(=Nc2c(C)cc(C)cc2C)n(C)c1=O.Cl. The lowest BCUT2D eigenvalue weighted by Crippen LogP contribution is -2.41. The van der Waals surface area contributed by atoms with Crippen LogP contribution in [-0.4, -0.2) is 23.4 Å². The number of aryl methyl sites for hydroxylation is 3. The van der Waals surface area contributed by atoms with Gasteiger partial charge in [-0.1, -0.05) is 24.6 Å². The summed E-state index contributed by atoms with van der Waals surface area (Å²) in [6.45, 7) is 8.91. The molecule has 1 aliphatic heterocycles. The number of rotatable bonds is 3.